The molecular formula is C18H15Cl3FN3O3S. The van der Waals surface area contributed by atoms with Crippen LogP contribution in [0.1, 0.15) is 20.7 Å². The molecule has 1 atom stereocenters. The fraction of sp³-hybridized carbons (Fsp3) is 0.167. The van der Waals surface area contributed by atoms with E-state index in [0.717, 1.165) is 12.1 Å². The summed E-state index contributed by atoms with van der Waals surface area (Å²) < 4.78 is 15.7. The number of carbonyl (C=O) groups is 2. The summed E-state index contributed by atoms with van der Waals surface area (Å²) in [5, 5.41) is 8.07. The van der Waals surface area contributed by atoms with Gasteiger partial charge in [-0.25, -0.2) is 9.18 Å². The standard InChI is InChI=1S/C18H15Cl3FN3O3S/c1-28-15(27)11-4-8-13(9-5-11)23-17(29)25-16(18(19,20)21)24-14(26)10-2-6-12(22)7-3-10/h2-9,16H,1H3,(H,24,26)(H2,23,25,29)/t16-/m1/s1. The largest absolute Gasteiger partial charge is 0.465 e. The van der Waals surface area contributed by atoms with Gasteiger partial charge < -0.3 is 20.7 Å². The van der Waals surface area contributed by atoms with Gasteiger partial charge in [-0.3, -0.25) is 4.79 Å². The molecule has 0 saturated carbocycles. The van der Waals surface area contributed by atoms with Crippen molar-refractivity contribution in [2.45, 2.75) is 9.96 Å². The van der Waals surface area contributed by atoms with E-state index in [-0.39, 0.29) is 10.7 Å². The molecule has 2 rings (SSSR count). The Morgan fingerprint density at radius 3 is 2.07 bits per heavy atom. The maximum absolute atomic E-state index is 13.0. The molecule has 6 nitrogen and oxygen atoms in total. The number of rotatable bonds is 5. The zero-order valence-corrected chi connectivity index (χ0v) is 17.9. The van der Waals surface area contributed by atoms with Crippen LogP contribution in [-0.4, -0.2) is 34.1 Å². The van der Waals surface area contributed by atoms with Crippen molar-refractivity contribution < 1.29 is 18.7 Å². The van der Waals surface area contributed by atoms with Crippen LogP contribution in [0.3, 0.4) is 0 Å². The van der Waals surface area contributed by atoms with Gasteiger partial charge in [0.15, 0.2) is 5.11 Å². The Morgan fingerprint density at radius 2 is 1.55 bits per heavy atom. The fourth-order valence-electron chi connectivity index (χ4n) is 2.12. The molecule has 0 fully saturated rings. The molecule has 0 aliphatic rings. The molecule has 0 bridgehead atoms. The molecule has 0 heterocycles. The van der Waals surface area contributed by atoms with Crippen molar-refractivity contribution in [2.75, 3.05) is 12.4 Å². The summed E-state index contributed by atoms with van der Waals surface area (Å²) in [5.41, 5.74) is 1.08. The van der Waals surface area contributed by atoms with E-state index < -0.39 is 27.7 Å². The Bertz CT molecular complexity index is 890. The summed E-state index contributed by atoms with van der Waals surface area (Å²) in [6.07, 6.45) is -1.20. The van der Waals surface area contributed by atoms with E-state index in [9.17, 15) is 14.0 Å². The van der Waals surface area contributed by atoms with Gasteiger partial charge in [-0.15, -0.1) is 0 Å². The van der Waals surface area contributed by atoms with Crippen molar-refractivity contribution in [2.24, 2.45) is 0 Å². The maximum atomic E-state index is 13.0. The summed E-state index contributed by atoms with van der Waals surface area (Å²) >= 11 is 23.0. The van der Waals surface area contributed by atoms with Crippen LogP contribution in [0.2, 0.25) is 0 Å². The van der Waals surface area contributed by atoms with E-state index in [1.54, 1.807) is 24.3 Å². The predicted molar refractivity (Wildman–Crippen MR) is 115 cm³/mol. The van der Waals surface area contributed by atoms with E-state index in [4.69, 9.17) is 47.0 Å². The lowest BCUT2D eigenvalue weighted by Crippen LogP contribution is -2.56. The molecular weight excluding hydrogens is 464 g/mol. The van der Waals surface area contributed by atoms with Crippen LogP contribution in [0.15, 0.2) is 48.5 Å². The lowest BCUT2D eigenvalue weighted by molar-refractivity contribution is 0.0600. The Labute approximate surface area is 186 Å². The maximum Gasteiger partial charge on any atom is 0.337 e. The number of esters is 1. The van der Waals surface area contributed by atoms with Crippen LogP contribution in [0, 0.1) is 5.82 Å². The number of anilines is 1. The highest BCUT2D eigenvalue weighted by Crippen LogP contribution is 2.29. The van der Waals surface area contributed by atoms with Crippen LogP contribution in [0.25, 0.3) is 0 Å². The number of thiocarbonyl (C=S) groups is 1. The second-order valence-electron chi connectivity index (χ2n) is 5.62. The molecule has 2 aromatic rings. The monoisotopic (exact) mass is 477 g/mol. The third kappa shape index (κ3) is 7.01. The van der Waals surface area contributed by atoms with Crippen molar-refractivity contribution in [1.29, 1.82) is 0 Å². The Balaban J connectivity index is 2.04. The minimum absolute atomic E-state index is 0.0477. The van der Waals surface area contributed by atoms with Crippen molar-refractivity contribution >= 4 is 69.7 Å². The summed E-state index contributed by atoms with van der Waals surface area (Å²) in [6.45, 7) is 0. The summed E-state index contributed by atoms with van der Waals surface area (Å²) in [4.78, 5) is 23.8. The molecule has 154 valence electrons. The number of alkyl halides is 3. The van der Waals surface area contributed by atoms with Gasteiger partial charge in [0.25, 0.3) is 5.91 Å². The first-order valence-corrected chi connectivity index (χ1v) is 9.53. The lowest BCUT2D eigenvalue weighted by atomic mass is 10.2. The molecule has 0 saturated heterocycles. The minimum Gasteiger partial charge on any atom is -0.465 e. The van der Waals surface area contributed by atoms with Gasteiger partial charge in [0, 0.05) is 11.3 Å². The van der Waals surface area contributed by atoms with Gasteiger partial charge in [-0.05, 0) is 60.7 Å². The Kier molecular flexibility index (Phi) is 8.04. The molecule has 0 unspecified atom stereocenters. The molecule has 11 heteroatoms. The van der Waals surface area contributed by atoms with Crippen molar-refractivity contribution in [3.63, 3.8) is 0 Å². The number of methoxy groups -OCH3 is 1. The first kappa shape index (κ1) is 23.2. The number of halogens is 4. The summed E-state index contributed by atoms with van der Waals surface area (Å²) in [6, 6.07) is 11.1. The molecule has 0 radical (unpaired) electrons. The average molecular weight is 479 g/mol. The second kappa shape index (κ2) is 10.1. The number of carbonyl (C=O) groups excluding carboxylic acids is 2. The zero-order chi connectivity index (χ0) is 21.6. The normalized spacial score (nSPS) is 11.9. The first-order chi connectivity index (χ1) is 13.6. The highest BCUT2D eigenvalue weighted by atomic mass is 35.6. The number of nitrogens with one attached hydrogen (secondary N) is 3. The van der Waals surface area contributed by atoms with Crippen molar-refractivity contribution in [3.8, 4) is 0 Å². The molecule has 0 aliphatic heterocycles. The average Bonchev–Trinajstić information content (AvgIpc) is 2.67. The van der Waals surface area contributed by atoms with Gasteiger partial charge >= 0.3 is 5.97 Å². The van der Waals surface area contributed by atoms with E-state index in [0.29, 0.717) is 11.3 Å². The van der Waals surface area contributed by atoms with Gasteiger partial charge in [0.05, 0.1) is 12.7 Å². The van der Waals surface area contributed by atoms with Crippen LogP contribution in [0.4, 0.5) is 10.1 Å². The Hall–Kier alpha value is -2.13. The number of benzene rings is 2. The van der Waals surface area contributed by atoms with Crippen molar-refractivity contribution in [1.82, 2.24) is 10.6 Å². The molecule has 0 spiro atoms. The van der Waals surface area contributed by atoms with Gasteiger partial charge in [-0.2, -0.15) is 0 Å². The van der Waals surface area contributed by atoms with E-state index >= 15 is 0 Å². The zero-order valence-electron chi connectivity index (χ0n) is 14.8. The van der Waals surface area contributed by atoms with Gasteiger partial charge in [0.2, 0.25) is 3.79 Å². The lowest BCUT2D eigenvalue weighted by Gasteiger charge is -2.27. The number of amides is 1. The summed E-state index contributed by atoms with van der Waals surface area (Å²) in [7, 11) is 1.28. The predicted octanol–water partition coefficient (Wildman–Crippen LogP) is 4.03. The third-order valence-corrected chi connectivity index (χ3v) is 4.42. The topological polar surface area (TPSA) is 79.5 Å². The van der Waals surface area contributed by atoms with Crippen molar-refractivity contribution in [3.05, 3.63) is 65.5 Å². The molecule has 29 heavy (non-hydrogen) atoms. The van der Waals surface area contributed by atoms with Crippen LogP contribution < -0.4 is 16.0 Å². The molecule has 0 aromatic heterocycles. The fourth-order valence-corrected chi connectivity index (χ4v) is 2.68. The SMILES string of the molecule is COC(=O)c1ccc(NC(=S)N[C@@H](NC(=O)c2ccc(F)cc2)C(Cl)(Cl)Cl)cc1. The molecule has 1 amide bonds. The number of ether oxygens (including phenoxy) is 1. The van der Waals surface area contributed by atoms with Crippen LogP contribution in [0.5, 0.6) is 0 Å². The quantitative estimate of drug-likeness (QED) is 0.261. The van der Waals surface area contributed by atoms with Crippen LogP contribution in [-0.2, 0) is 4.74 Å². The minimum atomic E-state index is -1.95. The van der Waals surface area contributed by atoms with E-state index in [2.05, 4.69) is 20.7 Å². The van der Waals surface area contributed by atoms with E-state index in [1.165, 1.54) is 19.2 Å². The number of hydrogen-bond acceptors (Lipinski definition) is 4. The molecule has 3 N–H and O–H groups in total. The molecule has 0 aliphatic carbocycles. The third-order valence-electron chi connectivity index (χ3n) is 3.55. The number of hydrogen-bond donors (Lipinski definition) is 3. The first-order valence-electron chi connectivity index (χ1n) is 7.99. The Morgan fingerprint density at radius 1 is 1.00 bits per heavy atom. The van der Waals surface area contributed by atoms with E-state index in [1.807, 2.05) is 0 Å². The highest BCUT2D eigenvalue weighted by molar-refractivity contribution is 7.80. The van der Waals surface area contributed by atoms with Gasteiger partial charge in [0.1, 0.15) is 12.0 Å². The second-order valence-corrected chi connectivity index (χ2v) is 8.40. The molecule has 2 aromatic carbocycles. The smallest absolute Gasteiger partial charge is 0.337 e. The van der Waals surface area contributed by atoms with Gasteiger partial charge in [-0.1, -0.05) is 34.8 Å². The summed E-state index contributed by atoms with van der Waals surface area (Å²) in [5.74, 6) is -1.56. The van der Waals surface area contributed by atoms with Crippen LogP contribution >= 0.6 is 47.0 Å². The highest BCUT2D eigenvalue weighted by Gasteiger charge is 2.34.